The van der Waals surface area contributed by atoms with Gasteiger partial charge >= 0.3 is 0 Å². The van der Waals surface area contributed by atoms with Gasteiger partial charge in [-0.15, -0.1) is 0 Å². The van der Waals surface area contributed by atoms with E-state index in [1.165, 1.54) is 12.5 Å². The lowest BCUT2D eigenvalue weighted by Gasteiger charge is -2.28. The summed E-state index contributed by atoms with van der Waals surface area (Å²) in [5, 5.41) is 5.22. The number of fused-ring (bicyclic) bond motifs is 2. The van der Waals surface area contributed by atoms with Crippen molar-refractivity contribution in [2.45, 2.75) is 64.4 Å². The van der Waals surface area contributed by atoms with Gasteiger partial charge in [0.2, 0.25) is 5.88 Å². The lowest BCUT2D eigenvalue weighted by atomic mass is 9.81. The van der Waals surface area contributed by atoms with E-state index in [1.54, 1.807) is 10.7 Å². The molecule has 3 aromatic rings. The quantitative estimate of drug-likeness (QED) is 0.355. The number of amides is 1. The lowest BCUT2D eigenvalue weighted by Crippen LogP contribution is -2.29. The first-order chi connectivity index (χ1) is 18.9. The number of benzene rings is 1. The maximum atomic E-state index is 12.8. The third-order valence-corrected chi connectivity index (χ3v) is 8.11. The number of aromatic nitrogens is 3. The molecular formula is C30H37F2N5O2. The summed E-state index contributed by atoms with van der Waals surface area (Å²) in [5.74, 6) is 1.12. The Morgan fingerprint density at radius 3 is 2.74 bits per heavy atom. The van der Waals surface area contributed by atoms with E-state index in [-0.39, 0.29) is 11.8 Å². The highest BCUT2D eigenvalue weighted by atomic mass is 19.3. The second kappa shape index (κ2) is 12.3. The normalized spacial score (nSPS) is 21.3. The number of ether oxygens (including phenoxy) is 1. The first-order valence-electron chi connectivity index (χ1n) is 14.0. The van der Waals surface area contributed by atoms with Gasteiger partial charge < -0.3 is 9.64 Å². The van der Waals surface area contributed by atoms with Crippen LogP contribution in [0.1, 0.15) is 60.6 Å². The minimum atomic E-state index is -2.53. The number of carbonyl (C=O) groups is 1. The van der Waals surface area contributed by atoms with Crippen molar-refractivity contribution in [1.82, 2.24) is 19.7 Å². The Kier molecular flexibility index (Phi) is 8.65. The smallest absolute Gasteiger partial charge is 0.277 e. The number of nitrogens with zero attached hydrogens (tertiary/aromatic N) is 5. The Morgan fingerprint density at radius 1 is 1.15 bits per heavy atom. The molecule has 0 spiro atoms. The molecule has 0 saturated heterocycles. The minimum absolute atomic E-state index is 0.199. The molecule has 7 nitrogen and oxygen atoms in total. The molecule has 208 valence electrons. The molecule has 39 heavy (non-hydrogen) atoms. The highest BCUT2D eigenvalue weighted by Crippen LogP contribution is 2.31. The maximum Gasteiger partial charge on any atom is 0.277 e. The number of pyridine rings is 1. The molecule has 1 aliphatic carbocycles. The number of alkyl halides is 2. The predicted molar refractivity (Wildman–Crippen MR) is 148 cm³/mol. The lowest BCUT2D eigenvalue weighted by molar-refractivity contribution is 0.0200. The number of aliphatic imine (C=N–C) groups is 1. The van der Waals surface area contributed by atoms with E-state index in [0.717, 1.165) is 81.2 Å². The van der Waals surface area contributed by atoms with Crippen LogP contribution in [0.3, 0.4) is 0 Å². The van der Waals surface area contributed by atoms with Gasteiger partial charge in [-0.1, -0.05) is 12.1 Å². The number of carbonyl (C=O) groups excluding carboxylic acids is 1. The molecule has 1 fully saturated rings. The third kappa shape index (κ3) is 6.87. The van der Waals surface area contributed by atoms with Crippen molar-refractivity contribution in [2.24, 2.45) is 23.9 Å². The predicted octanol–water partition coefficient (Wildman–Crippen LogP) is 5.51. The van der Waals surface area contributed by atoms with Gasteiger partial charge in [0.05, 0.1) is 11.1 Å². The van der Waals surface area contributed by atoms with Gasteiger partial charge in [-0.25, -0.2) is 18.8 Å². The maximum absolute atomic E-state index is 12.8. The number of rotatable bonds is 8. The first-order valence-corrected chi connectivity index (χ1v) is 14.0. The van der Waals surface area contributed by atoms with Crippen LogP contribution in [-0.2, 0) is 19.9 Å². The Morgan fingerprint density at radius 2 is 1.95 bits per heavy atom. The second-order valence-corrected chi connectivity index (χ2v) is 10.9. The molecule has 0 bridgehead atoms. The fraction of sp³-hybridized carbons (Fsp3) is 0.533. The van der Waals surface area contributed by atoms with Gasteiger partial charge in [0.1, 0.15) is 0 Å². The molecule has 1 aliphatic heterocycles. The molecule has 1 amide bonds. The zero-order chi connectivity index (χ0) is 27.4. The van der Waals surface area contributed by atoms with Crippen LogP contribution in [0, 0.1) is 11.8 Å². The van der Waals surface area contributed by atoms with Crippen LogP contribution in [0.4, 0.5) is 8.78 Å². The van der Waals surface area contributed by atoms with Crippen molar-refractivity contribution >= 4 is 23.0 Å². The van der Waals surface area contributed by atoms with Crippen LogP contribution in [-0.4, -0.2) is 63.9 Å². The Bertz CT molecular complexity index is 1320. The van der Waals surface area contributed by atoms with Crippen molar-refractivity contribution < 1.29 is 18.3 Å². The van der Waals surface area contributed by atoms with Gasteiger partial charge in [0.25, 0.3) is 12.3 Å². The summed E-state index contributed by atoms with van der Waals surface area (Å²) in [6.45, 7) is 4.32. The van der Waals surface area contributed by atoms with Crippen LogP contribution in [0.5, 0.6) is 5.88 Å². The monoisotopic (exact) mass is 537 g/mol. The van der Waals surface area contributed by atoms with E-state index < -0.39 is 12.5 Å². The molecule has 2 aromatic heterocycles. The molecule has 5 rings (SSSR count). The molecule has 0 radical (unpaired) electrons. The number of halogens is 2. The molecule has 1 unspecified atom stereocenters. The Labute approximate surface area is 228 Å². The zero-order valence-electron chi connectivity index (χ0n) is 22.7. The summed E-state index contributed by atoms with van der Waals surface area (Å²) in [6.07, 6.45) is 7.36. The zero-order valence-corrected chi connectivity index (χ0v) is 22.7. The van der Waals surface area contributed by atoms with Crippen molar-refractivity contribution in [3.8, 4) is 5.88 Å². The summed E-state index contributed by atoms with van der Waals surface area (Å²) >= 11 is 0. The fourth-order valence-electron chi connectivity index (χ4n) is 5.72. The van der Waals surface area contributed by atoms with Crippen molar-refractivity contribution in [3.63, 3.8) is 0 Å². The highest BCUT2D eigenvalue weighted by molar-refractivity contribution is 6.08. The first kappa shape index (κ1) is 27.4. The standard InChI is InChI=1S/C30H37F2N5O2/c1-20(29(31)32)39-28-11-10-23-13-16-37(17-14-26(23)34-28)15-12-21-6-8-22(9-7-21)18-33-30(38)24-4-3-5-27-25(24)19-36(2)35-27/h3-5,10-11,18-22,29H,6-9,12-17H2,1-2H3. The molecule has 2 aliphatic rings. The molecule has 1 saturated carbocycles. The van der Waals surface area contributed by atoms with Gasteiger partial charge in [-0.2, -0.15) is 5.10 Å². The topological polar surface area (TPSA) is 72.6 Å². The number of hydrogen-bond acceptors (Lipinski definition) is 5. The summed E-state index contributed by atoms with van der Waals surface area (Å²) in [7, 11) is 1.85. The number of hydrogen-bond donors (Lipinski definition) is 0. The third-order valence-electron chi connectivity index (χ3n) is 8.11. The molecule has 9 heteroatoms. The van der Waals surface area contributed by atoms with Gasteiger partial charge in [0.15, 0.2) is 6.10 Å². The van der Waals surface area contributed by atoms with Crippen LogP contribution in [0.2, 0.25) is 0 Å². The number of aryl methyl sites for hydroxylation is 1. The van der Waals surface area contributed by atoms with E-state index in [0.29, 0.717) is 17.4 Å². The van der Waals surface area contributed by atoms with E-state index in [1.807, 2.05) is 43.7 Å². The molecule has 1 aromatic carbocycles. The van der Waals surface area contributed by atoms with Crippen LogP contribution >= 0.6 is 0 Å². The molecular weight excluding hydrogens is 500 g/mol. The highest BCUT2D eigenvalue weighted by Gasteiger charge is 2.23. The van der Waals surface area contributed by atoms with Gasteiger partial charge in [0, 0.05) is 56.1 Å². The van der Waals surface area contributed by atoms with Crippen LogP contribution < -0.4 is 4.74 Å². The van der Waals surface area contributed by atoms with Gasteiger partial charge in [-0.05, 0) is 81.5 Å². The molecule has 1 atom stereocenters. The summed E-state index contributed by atoms with van der Waals surface area (Å²) in [4.78, 5) is 24.1. The van der Waals surface area contributed by atoms with Crippen molar-refractivity contribution in [2.75, 3.05) is 19.6 Å². The summed E-state index contributed by atoms with van der Waals surface area (Å²) < 4.78 is 32.7. The van der Waals surface area contributed by atoms with E-state index in [2.05, 4.69) is 20.0 Å². The van der Waals surface area contributed by atoms with Crippen LogP contribution in [0.15, 0.2) is 41.5 Å². The SMILES string of the molecule is CC(Oc1ccc2c(n1)CCN(CCC1CCC(C=NC(=O)c3cccc4nn(C)cc34)CC1)CC2)C(F)F. The van der Waals surface area contributed by atoms with Crippen LogP contribution in [0.25, 0.3) is 10.9 Å². The second-order valence-electron chi connectivity index (χ2n) is 10.9. The largest absolute Gasteiger partial charge is 0.469 e. The Hall–Kier alpha value is -3.20. The molecule has 3 heterocycles. The van der Waals surface area contributed by atoms with E-state index >= 15 is 0 Å². The average Bonchev–Trinajstić information content (AvgIpc) is 3.20. The average molecular weight is 538 g/mol. The van der Waals surface area contributed by atoms with Crippen molar-refractivity contribution in [1.29, 1.82) is 0 Å². The van der Waals surface area contributed by atoms with E-state index in [9.17, 15) is 13.6 Å². The van der Waals surface area contributed by atoms with Crippen molar-refractivity contribution in [3.05, 3.63) is 53.3 Å². The fourth-order valence-corrected chi connectivity index (χ4v) is 5.72. The summed E-state index contributed by atoms with van der Waals surface area (Å²) in [5.41, 5.74) is 3.56. The minimum Gasteiger partial charge on any atom is -0.469 e. The Balaban J connectivity index is 1.06. The molecule has 0 N–H and O–H groups in total. The van der Waals surface area contributed by atoms with E-state index in [4.69, 9.17) is 4.74 Å². The summed E-state index contributed by atoms with van der Waals surface area (Å²) in [6, 6.07) is 9.26. The van der Waals surface area contributed by atoms with Gasteiger partial charge in [-0.3, -0.25) is 9.48 Å².